The molecule has 2 N–H and O–H groups in total. The summed E-state index contributed by atoms with van der Waals surface area (Å²) in [6.45, 7) is 8.85. The fourth-order valence-electron chi connectivity index (χ4n) is 3.40. The molecule has 0 spiro atoms. The van der Waals surface area contributed by atoms with Gasteiger partial charge in [-0.15, -0.1) is 0 Å². The summed E-state index contributed by atoms with van der Waals surface area (Å²) < 4.78 is 0. The van der Waals surface area contributed by atoms with Crippen LogP contribution < -0.4 is 15.5 Å². The molecule has 2 amide bonds. The number of hydrogen-bond acceptors (Lipinski definition) is 3. The van der Waals surface area contributed by atoms with Gasteiger partial charge in [0.25, 0.3) is 11.8 Å². The Labute approximate surface area is 200 Å². The monoisotopic (exact) mass is 459 g/mol. The summed E-state index contributed by atoms with van der Waals surface area (Å²) in [7, 11) is 0. The lowest BCUT2D eigenvalue weighted by atomic mass is 9.87. The van der Waals surface area contributed by atoms with Gasteiger partial charge in [-0.05, 0) is 72.6 Å². The van der Waals surface area contributed by atoms with Crippen LogP contribution in [-0.2, 0) is 5.41 Å². The number of para-hydroxylation sites is 1. The molecule has 0 fully saturated rings. The van der Waals surface area contributed by atoms with Crippen molar-refractivity contribution >= 4 is 40.5 Å². The number of benzene rings is 3. The Balaban J connectivity index is 1.66. The van der Waals surface area contributed by atoms with Crippen molar-refractivity contribution in [1.82, 2.24) is 5.32 Å². The molecule has 0 unspecified atom stereocenters. The Morgan fingerprint density at radius 1 is 0.879 bits per heavy atom. The molecule has 0 radical (unpaired) electrons. The lowest BCUT2D eigenvalue weighted by molar-refractivity contribution is 0.0973. The predicted molar refractivity (Wildman–Crippen MR) is 139 cm³/mol. The number of hydrogen-bond donors (Lipinski definition) is 2. The molecule has 33 heavy (non-hydrogen) atoms. The van der Waals surface area contributed by atoms with Crippen LogP contribution in [0.4, 0.5) is 11.4 Å². The minimum absolute atomic E-state index is 0.0161. The molecule has 0 saturated heterocycles. The van der Waals surface area contributed by atoms with Crippen LogP contribution in [0.1, 0.15) is 54.0 Å². The van der Waals surface area contributed by atoms with Gasteiger partial charge in [-0.25, -0.2) is 0 Å². The van der Waals surface area contributed by atoms with E-state index in [1.54, 1.807) is 41.3 Å². The number of thiocarbonyl (C=S) groups is 1. The fraction of sp³-hybridized carbons (Fsp3) is 0.222. The summed E-state index contributed by atoms with van der Waals surface area (Å²) in [5, 5.41) is 5.86. The summed E-state index contributed by atoms with van der Waals surface area (Å²) in [6.07, 6.45) is 0. The second-order valence-corrected chi connectivity index (χ2v) is 9.11. The first-order valence-corrected chi connectivity index (χ1v) is 11.3. The van der Waals surface area contributed by atoms with Crippen molar-refractivity contribution in [3.05, 3.63) is 95.6 Å². The van der Waals surface area contributed by atoms with E-state index in [1.165, 1.54) is 0 Å². The SMILES string of the molecule is CCN(C(=O)c1cccc(NC(=S)NC(=O)c2ccc(C(C)(C)C)cc2)c1)c1ccccc1. The highest BCUT2D eigenvalue weighted by atomic mass is 32.1. The molecular formula is C27H29N3O2S. The number of amides is 2. The lowest BCUT2D eigenvalue weighted by Gasteiger charge is -2.21. The molecule has 6 heteroatoms. The van der Waals surface area contributed by atoms with Gasteiger partial charge in [0, 0.05) is 29.0 Å². The largest absolute Gasteiger partial charge is 0.332 e. The van der Waals surface area contributed by atoms with Gasteiger partial charge in [-0.3, -0.25) is 14.9 Å². The zero-order chi connectivity index (χ0) is 24.0. The lowest BCUT2D eigenvalue weighted by Crippen LogP contribution is -2.34. The average Bonchev–Trinajstić information content (AvgIpc) is 2.80. The van der Waals surface area contributed by atoms with Gasteiger partial charge in [0.15, 0.2) is 5.11 Å². The first-order chi connectivity index (χ1) is 15.7. The zero-order valence-electron chi connectivity index (χ0n) is 19.4. The molecule has 0 heterocycles. The van der Waals surface area contributed by atoms with Crippen LogP contribution >= 0.6 is 12.2 Å². The second kappa shape index (κ2) is 10.4. The van der Waals surface area contributed by atoms with Gasteiger partial charge in [-0.2, -0.15) is 0 Å². The third-order valence-electron chi connectivity index (χ3n) is 5.24. The minimum Gasteiger partial charge on any atom is -0.332 e. The quantitative estimate of drug-likeness (QED) is 0.475. The average molecular weight is 460 g/mol. The number of anilines is 2. The molecule has 0 aliphatic carbocycles. The van der Waals surface area contributed by atoms with Gasteiger partial charge >= 0.3 is 0 Å². The van der Waals surface area contributed by atoms with Crippen LogP contribution in [0.2, 0.25) is 0 Å². The fourth-order valence-corrected chi connectivity index (χ4v) is 3.61. The molecule has 3 rings (SSSR count). The number of nitrogens with zero attached hydrogens (tertiary/aromatic N) is 1. The van der Waals surface area contributed by atoms with E-state index in [-0.39, 0.29) is 22.3 Å². The standard InChI is InChI=1S/C27H29N3O2S/c1-5-30(23-12-7-6-8-13-23)25(32)20-10-9-11-22(18-20)28-26(33)29-24(31)19-14-16-21(17-15-19)27(2,3)4/h6-18H,5H2,1-4H3,(H2,28,29,31,33). The van der Waals surface area contributed by atoms with Crippen molar-refractivity contribution < 1.29 is 9.59 Å². The molecule has 170 valence electrons. The minimum atomic E-state index is -0.290. The molecule has 3 aromatic rings. The smallest absolute Gasteiger partial charge is 0.258 e. The van der Waals surface area contributed by atoms with E-state index in [9.17, 15) is 9.59 Å². The van der Waals surface area contributed by atoms with E-state index in [0.29, 0.717) is 23.4 Å². The summed E-state index contributed by atoms with van der Waals surface area (Å²) in [4.78, 5) is 27.3. The van der Waals surface area contributed by atoms with Crippen LogP contribution in [0, 0.1) is 0 Å². The van der Waals surface area contributed by atoms with E-state index in [4.69, 9.17) is 12.2 Å². The highest BCUT2D eigenvalue weighted by Crippen LogP contribution is 2.22. The molecule has 3 aromatic carbocycles. The van der Waals surface area contributed by atoms with Crippen LogP contribution in [0.25, 0.3) is 0 Å². The van der Waals surface area contributed by atoms with Crippen molar-refractivity contribution in [2.24, 2.45) is 0 Å². The van der Waals surface area contributed by atoms with Gasteiger partial charge in [0.2, 0.25) is 0 Å². The Hall–Kier alpha value is -3.51. The van der Waals surface area contributed by atoms with Crippen LogP contribution in [0.5, 0.6) is 0 Å². The first-order valence-electron chi connectivity index (χ1n) is 10.9. The molecule has 0 bridgehead atoms. The zero-order valence-corrected chi connectivity index (χ0v) is 20.2. The van der Waals surface area contributed by atoms with Crippen molar-refractivity contribution in [3.8, 4) is 0 Å². The van der Waals surface area contributed by atoms with Crippen molar-refractivity contribution in [3.63, 3.8) is 0 Å². The third kappa shape index (κ3) is 6.26. The maximum atomic E-state index is 13.1. The number of rotatable bonds is 5. The summed E-state index contributed by atoms with van der Waals surface area (Å²) in [5.41, 5.74) is 3.68. The Bertz CT molecular complexity index is 1140. The summed E-state index contributed by atoms with van der Waals surface area (Å²) in [6, 6.07) is 24.1. The summed E-state index contributed by atoms with van der Waals surface area (Å²) in [5.74, 6) is -0.400. The Kier molecular flexibility index (Phi) is 7.61. The first kappa shape index (κ1) is 24.1. The molecule has 5 nitrogen and oxygen atoms in total. The van der Waals surface area contributed by atoms with Gasteiger partial charge in [-0.1, -0.05) is 57.2 Å². The molecule has 0 aromatic heterocycles. The molecule has 0 aliphatic rings. The molecular weight excluding hydrogens is 430 g/mol. The van der Waals surface area contributed by atoms with E-state index < -0.39 is 0 Å². The number of carbonyl (C=O) groups is 2. The number of carbonyl (C=O) groups excluding carboxylic acids is 2. The van der Waals surface area contributed by atoms with E-state index in [2.05, 4.69) is 31.4 Å². The second-order valence-electron chi connectivity index (χ2n) is 8.70. The maximum Gasteiger partial charge on any atom is 0.258 e. The maximum absolute atomic E-state index is 13.1. The van der Waals surface area contributed by atoms with E-state index in [0.717, 1.165) is 11.3 Å². The highest BCUT2D eigenvalue weighted by molar-refractivity contribution is 7.80. The normalized spacial score (nSPS) is 10.9. The van der Waals surface area contributed by atoms with Crippen molar-refractivity contribution in [2.75, 3.05) is 16.8 Å². The molecule has 0 aliphatic heterocycles. The Morgan fingerprint density at radius 2 is 1.55 bits per heavy atom. The van der Waals surface area contributed by atoms with Crippen LogP contribution in [-0.4, -0.2) is 23.5 Å². The van der Waals surface area contributed by atoms with E-state index in [1.807, 2.05) is 49.4 Å². The Morgan fingerprint density at radius 3 is 2.15 bits per heavy atom. The predicted octanol–water partition coefficient (Wildman–Crippen LogP) is 5.78. The topological polar surface area (TPSA) is 61.4 Å². The molecule has 0 saturated carbocycles. The summed E-state index contributed by atoms with van der Waals surface area (Å²) >= 11 is 5.32. The van der Waals surface area contributed by atoms with Crippen molar-refractivity contribution in [1.29, 1.82) is 0 Å². The van der Waals surface area contributed by atoms with Crippen molar-refractivity contribution in [2.45, 2.75) is 33.1 Å². The highest BCUT2D eigenvalue weighted by Gasteiger charge is 2.17. The van der Waals surface area contributed by atoms with Gasteiger partial charge < -0.3 is 10.2 Å². The van der Waals surface area contributed by atoms with Gasteiger partial charge in [0.1, 0.15) is 0 Å². The third-order valence-corrected chi connectivity index (χ3v) is 5.44. The van der Waals surface area contributed by atoms with Gasteiger partial charge in [0.05, 0.1) is 0 Å². The number of nitrogens with one attached hydrogen (secondary N) is 2. The molecule has 0 atom stereocenters. The van der Waals surface area contributed by atoms with Crippen LogP contribution in [0.15, 0.2) is 78.9 Å². The van der Waals surface area contributed by atoms with Crippen LogP contribution in [0.3, 0.4) is 0 Å². The van der Waals surface area contributed by atoms with E-state index >= 15 is 0 Å².